The van der Waals surface area contributed by atoms with E-state index in [1.165, 1.54) is 17.4 Å². The summed E-state index contributed by atoms with van der Waals surface area (Å²) in [5, 5.41) is 3.86. The Morgan fingerprint density at radius 3 is 2.95 bits per heavy atom. The van der Waals surface area contributed by atoms with Crippen LogP contribution < -0.4 is 0 Å². The predicted molar refractivity (Wildman–Crippen MR) is 75.5 cm³/mol. The Balaban J connectivity index is 1.70. The Labute approximate surface area is 122 Å². The van der Waals surface area contributed by atoms with Crippen LogP contribution in [-0.4, -0.2) is 28.4 Å². The van der Waals surface area contributed by atoms with Gasteiger partial charge >= 0.3 is 0 Å². The van der Waals surface area contributed by atoms with Gasteiger partial charge < -0.3 is 9.42 Å². The van der Waals surface area contributed by atoms with Gasteiger partial charge in [0, 0.05) is 18.5 Å². The number of alkyl halides is 1. The lowest BCUT2D eigenvalue weighted by atomic mass is 9.77. The summed E-state index contributed by atoms with van der Waals surface area (Å²) in [5.41, 5.74) is 3.45. The van der Waals surface area contributed by atoms with Crippen molar-refractivity contribution in [1.29, 1.82) is 0 Å². The van der Waals surface area contributed by atoms with Crippen LogP contribution in [0.2, 0.25) is 0 Å². The highest BCUT2D eigenvalue weighted by atomic mass is 35.5. The van der Waals surface area contributed by atoms with E-state index in [-0.39, 0.29) is 11.8 Å². The van der Waals surface area contributed by atoms with Crippen LogP contribution in [-0.2, 0) is 17.8 Å². The molecule has 0 fully saturated rings. The van der Waals surface area contributed by atoms with Crippen LogP contribution in [0.25, 0.3) is 0 Å². The standard InChI is InChI=1S/C15H15ClN2O2/c16-8-15(19)18(10-13-5-6-20-17-13)9-12-7-11-3-1-2-4-14(11)12/h1-6,12H,7-10H2. The van der Waals surface area contributed by atoms with Gasteiger partial charge in [-0.05, 0) is 17.5 Å². The van der Waals surface area contributed by atoms with Gasteiger partial charge in [-0.25, -0.2) is 0 Å². The van der Waals surface area contributed by atoms with E-state index in [1.807, 2.05) is 12.1 Å². The molecular weight excluding hydrogens is 276 g/mol. The van der Waals surface area contributed by atoms with E-state index >= 15 is 0 Å². The van der Waals surface area contributed by atoms with Gasteiger partial charge in [0.25, 0.3) is 0 Å². The summed E-state index contributed by atoms with van der Waals surface area (Å²) >= 11 is 5.70. The second kappa shape index (κ2) is 5.67. The molecule has 3 rings (SSSR count). The van der Waals surface area contributed by atoms with E-state index in [2.05, 4.69) is 17.3 Å². The fourth-order valence-electron chi connectivity index (χ4n) is 2.65. The maximum atomic E-state index is 12.0. The molecule has 1 aliphatic rings. The molecule has 0 spiro atoms. The number of carbonyl (C=O) groups excluding carboxylic acids is 1. The Hall–Kier alpha value is -1.81. The SMILES string of the molecule is O=C(CCl)N(Cc1ccon1)CC1Cc2ccccc21. The van der Waals surface area contributed by atoms with Crippen molar-refractivity contribution >= 4 is 17.5 Å². The van der Waals surface area contributed by atoms with Crippen LogP contribution in [0.15, 0.2) is 41.1 Å². The van der Waals surface area contributed by atoms with Crippen molar-refractivity contribution in [3.05, 3.63) is 53.4 Å². The molecule has 0 saturated carbocycles. The fourth-order valence-corrected chi connectivity index (χ4v) is 2.81. The molecule has 0 aliphatic heterocycles. The van der Waals surface area contributed by atoms with E-state index in [0.717, 1.165) is 12.1 Å². The molecule has 1 aromatic heterocycles. The molecule has 2 aromatic rings. The number of rotatable bonds is 5. The van der Waals surface area contributed by atoms with Crippen molar-refractivity contribution in [2.75, 3.05) is 12.4 Å². The number of nitrogens with zero attached hydrogens (tertiary/aromatic N) is 2. The number of hydrogen-bond acceptors (Lipinski definition) is 3. The summed E-state index contributed by atoms with van der Waals surface area (Å²) in [7, 11) is 0. The molecular formula is C15H15ClN2O2. The number of fused-ring (bicyclic) bond motifs is 1. The van der Waals surface area contributed by atoms with Gasteiger partial charge in [-0.15, -0.1) is 11.6 Å². The number of aromatic nitrogens is 1. The lowest BCUT2D eigenvalue weighted by molar-refractivity contribution is -0.129. The van der Waals surface area contributed by atoms with E-state index in [9.17, 15) is 4.79 Å². The second-order valence-electron chi connectivity index (χ2n) is 5.00. The molecule has 104 valence electrons. The van der Waals surface area contributed by atoms with Crippen LogP contribution >= 0.6 is 11.6 Å². The molecule has 5 heteroatoms. The van der Waals surface area contributed by atoms with E-state index in [1.54, 1.807) is 11.0 Å². The molecule has 1 atom stereocenters. The molecule has 4 nitrogen and oxygen atoms in total. The number of halogens is 1. The molecule has 0 bridgehead atoms. The first kappa shape index (κ1) is 13.2. The van der Waals surface area contributed by atoms with Gasteiger partial charge in [-0.2, -0.15) is 0 Å². The highest BCUT2D eigenvalue weighted by Crippen LogP contribution is 2.35. The number of amides is 1. The van der Waals surface area contributed by atoms with Crippen molar-refractivity contribution in [2.24, 2.45) is 0 Å². The third-order valence-electron chi connectivity index (χ3n) is 3.71. The van der Waals surface area contributed by atoms with Gasteiger partial charge in [0.1, 0.15) is 17.8 Å². The van der Waals surface area contributed by atoms with Crippen molar-refractivity contribution < 1.29 is 9.32 Å². The molecule has 1 heterocycles. The van der Waals surface area contributed by atoms with Gasteiger partial charge in [0.2, 0.25) is 5.91 Å². The first-order chi connectivity index (χ1) is 9.78. The summed E-state index contributed by atoms with van der Waals surface area (Å²) in [5.74, 6) is 0.316. The summed E-state index contributed by atoms with van der Waals surface area (Å²) < 4.78 is 4.81. The fraction of sp³-hybridized carbons (Fsp3) is 0.333. The van der Waals surface area contributed by atoms with Crippen LogP contribution in [0, 0.1) is 0 Å². The average Bonchev–Trinajstić information content (AvgIpc) is 2.95. The van der Waals surface area contributed by atoms with Crippen molar-refractivity contribution in [2.45, 2.75) is 18.9 Å². The quantitative estimate of drug-likeness (QED) is 0.795. The lowest BCUT2D eigenvalue weighted by Gasteiger charge is -2.34. The van der Waals surface area contributed by atoms with Gasteiger partial charge in [-0.3, -0.25) is 4.79 Å². The summed E-state index contributed by atoms with van der Waals surface area (Å²) in [4.78, 5) is 13.7. The molecule has 1 amide bonds. The highest BCUT2D eigenvalue weighted by molar-refractivity contribution is 6.27. The molecule has 1 aromatic carbocycles. The van der Waals surface area contributed by atoms with Gasteiger partial charge in [0.15, 0.2) is 0 Å². The highest BCUT2D eigenvalue weighted by Gasteiger charge is 2.29. The molecule has 0 N–H and O–H groups in total. The van der Waals surface area contributed by atoms with Gasteiger partial charge in [0.05, 0.1) is 6.54 Å². The number of carbonyl (C=O) groups is 1. The molecule has 0 radical (unpaired) electrons. The summed E-state index contributed by atoms with van der Waals surface area (Å²) in [6.07, 6.45) is 2.53. The summed E-state index contributed by atoms with van der Waals surface area (Å²) in [6, 6.07) is 10.1. The Bertz CT molecular complexity index is 598. The Morgan fingerprint density at radius 2 is 2.25 bits per heavy atom. The van der Waals surface area contributed by atoms with Crippen molar-refractivity contribution in [3.63, 3.8) is 0 Å². The van der Waals surface area contributed by atoms with Gasteiger partial charge in [-0.1, -0.05) is 29.4 Å². The van der Waals surface area contributed by atoms with Crippen molar-refractivity contribution in [3.8, 4) is 0 Å². The van der Waals surface area contributed by atoms with Crippen LogP contribution in [0.1, 0.15) is 22.7 Å². The van der Waals surface area contributed by atoms with Crippen LogP contribution in [0.4, 0.5) is 0 Å². The normalized spacial score (nSPS) is 16.4. The van der Waals surface area contributed by atoms with E-state index in [0.29, 0.717) is 19.0 Å². The minimum atomic E-state index is -0.0703. The third kappa shape index (κ3) is 2.56. The van der Waals surface area contributed by atoms with Crippen LogP contribution in [0.3, 0.4) is 0 Å². The first-order valence-electron chi connectivity index (χ1n) is 6.58. The lowest BCUT2D eigenvalue weighted by Crippen LogP contribution is -2.38. The molecule has 1 unspecified atom stereocenters. The zero-order chi connectivity index (χ0) is 13.9. The third-order valence-corrected chi connectivity index (χ3v) is 3.94. The maximum Gasteiger partial charge on any atom is 0.237 e. The molecule has 0 saturated heterocycles. The zero-order valence-electron chi connectivity index (χ0n) is 11.0. The zero-order valence-corrected chi connectivity index (χ0v) is 11.7. The minimum absolute atomic E-state index is 0.00772. The number of hydrogen-bond donors (Lipinski definition) is 0. The topological polar surface area (TPSA) is 46.3 Å². The maximum absolute atomic E-state index is 12.0. The first-order valence-corrected chi connectivity index (χ1v) is 7.12. The van der Waals surface area contributed by atoms with Crippen molar-refractivity contribution in [1.82, 2.24) is 10.1 Å². The predicted octanol–water partition coefficient (Wildman–Crippen LogP) is 2.58. The van der Waals surface area contributed by atoms with Crippen LogP contribution in [0.5, 0.6) is 0 Å². The summed E-state index contributed by atoms with van der Waals surface area (Å²) in [6.45, 7) is 1.12. The smallest absolute Gasteiger partial charge is 0.237 e. The largest absolute Gasteiger partial charge is 0.364 e. The Kier molecular flexibility index (Phi) is 3.74. The monoisotopic (exact) mass is 290 g/mol. The van der Waals surface area contributed by atoms with E-state index in [4.69, 9.17) is 16.1 Å². The second-order valence-corrected chi connectivity index (χ2v) is 5.27. The minimum Gasteiger partial charge on any atom is -0.364 e. The average molecular weight is 291 g/mol. The number of benzene rings is 1. The Morgan fingerprint density at radius 1 is 1.40 bits per heavy atom. The molecule has 1 aliphatic carbocycles. The van der Waals surface area contributed by atoms with E-state index < -0.39 is 0 Å². The molecule has 20 heavy (non-hydrogen) atoms.